The van der Waals surface area contributed by atoms with Gasteiger partial charge in [-0.3, -0.25) is 4.79 Å². The van der Waals surface area contributed by atoms with E-state index in [4.69, 9.17) is 4.74 Å². The molecular weight excluding hydrogens is 246 g/mol. The molecule has 98 valence electrons. The molecule has 1 heterocycles. The zero-order valence-electron chi connectivity index (χ0n) is 10.4. The van der Waals surface area contributed by atoms with E-state index < -0.39 is 0 Å². The van der Waals surface area contributed by atoms with Gasteiger partial charge in [-0.2, -0.15) is 12.6 Å². The lowest BCUT2D eigenvalue weighted by molar-refractivity contribution is -0.134. The highest BCUT2D eigenvalue weighted by atomic mass is 32.1. The number of carbonyl (C=O) groups is 1. The first-order valence-electron chi connectivity index (χ1n) is 6.55. The van der Waals surface area contributed by atoms with Crippen molar-refractivity contribution in [1.82, 2.24) is 4.98 Å². The van der Waals surface area contributed by atoms with E-state index in [2.05, 4.69) is 17.6 Å². The van der Waals surface area contributed by atoms with Gasteiger partial charge >= 0.3 is 5.97 Å². The highest BCUT2D eigenvalue weighted by Crippen LogP contribution is 2.30. The fraction of sp³-hybridized carbons (Fsp3) is 0.571. The predicted molar refractivity (Wildman–Crippen MR) is 73.8 cm³/mol. The number of esters is 1. The molecule has 1 aromatic rings. The Morgan fingerprint density at radius 3 is 2.83 bits per heavy atom. The monoisotopic (exact) mass is 265 g/mol. The van der Waals surface area contributed by atoms with E-state index in [0.717, 1.165) is 0 Å². The molecule has 1 aromatic heterocycles. The number of hydrogen-bond donors (Lipinski definition) is 1. The summed E-state index contributed by atoms with van der Waals surface area (Å²) in [5, 5.41) is 0.113. The summed E-state index contributed by atoms with van der Waals surface area (Å²) >= 11 is 4.56. The van der Waals surface area contributed by atoms with Gasteiger partial charge in [0.1, 0.15) is 0 Å². The summed E-state index contributed by atoms with van der Waals surface area (Å²) in [7, 11) is 0. The minimum Gasteiger partial charge on any atom is -0.407 e. The second kappa shape index (κ2) is 6.78. The molecule has 3 nitrogen and oxygen atoms in total. The topological polar surface area (TPSA) is 39.2 Å². The molecule has 4 heteroatoms. The van der Waals surface area contributed by atoms with Gasteiger partial charge in [-0.1, -0.05) is 25.3 Å². The Labute approximate surface area is 113 Å². The van der Waals surface area contributed by atoms with Gasteiger partial charge in [0, 0.05) is 17.5 Å². The molecule has 1 aliphatic rings. The maximum Gasteiger partial charge on any atom is 0.313 e. The molecule has 1 aliphatic carbocycles. The molecule has 1 saturated carbocycles. The predicted octanol–water partition coefficient (Wildman–Crippen LogP) is 3.26. The standard InChI is InChI=1S/C14H19NO2S/c16-14(17-13-8-4-5-9-15-13)10-12(18)11-6-2-1-3-7-11/h4-5,8-9,11-12,18H,1-3,6-7,10H2. The third kappa shape index (κ3) is 4.02. The van der Waals surface area contributed by atoms with Crippen LogP contribution in [0.2, 0.25) is 0 Å². The highest BCUT2D eigenvalue weighted by Gasteiger charge is 2.23. The van der Waals surface area contributed by atoms with Gasteiger partial charge in [0.25, 0.3) is 0 Å². The first kappa shape index (κ1) is 13.4. The zero-order valence-corrected chi connectivity index (χ0v) is 11.3. The van der Waals surface area contributed by atoms with Crippen molar-refractivity contribution in [2.45, 2.75) is 43.8 Å². The van der Waals surface area contributed by atoms with Crippen LogP contribution in [0.15, 0.2) is 24.4 Å². The summed E-state index contributed by atoms with van der Waals surface area (Å²) in [4.78, 5) is 15.7. The van der Waals surface area contributed by atoms with Crippen LogP contribution in [0.4, 0.5) is 0 Å². The smallest absolute Gasteiger partial charge is 0.313 e. The maximum absolute atomic E-state index is 11.8. The summed E-state index contributed by atoms with van der Waals surface area (Å²) in [5.41, 5.74) is 0. The highest BCUT2D eigenvalue weighted by molar-refractivity contribution is 7.81. The van der Waals surface area contributed by atoms with E-state index in [1.54, 1.807) is 24.4 Å². The number of nitrogens with zero attached hydrogens (tertiary/aromatic N) is 1. The van der Waals surface area contributed by atoms with Crippen LogP contribution in [0, 0.1) is 5.92 Å². The molecule has 0 N–H and O–H groups in total. The van der Waals surface area contributed by atoms with E-state index in [-0.39, 0.29) is 11.2 Å². The van der Waals surface area contributed by atoms with Crippen LogP contribution < -0.4 is 4.74 Å². The molecule has 0 bridgehead atoms. The van der Waals surface area contributed by atoms with Gasteiger partial charge < -0.3 is 4.74 Å². The third-order valence-electron chi connectivity index (χ3n) is 3.43. The summed E-state index contributed by atoms with van der Waals surface area (Å²) < 4.78 is 5.18. The van der Waals surface area contributed by atoms with Gasteiger partial charge in [-0.05, 0) is 24.8 Å². The first-order valence-corrected chi connectivity index (χ1v) is 7.07. The molecule has 0 aromatic carbocycles. The summed E-state index contributed by atoms with van der Waals surface area (Å²) in [6.07, 6.45) is 8.19. The van der Waals surface area contributed by atoms with E-state index in [1.807, 2.05) is 0 Å². The molecule has 2 rings (SSSR count). The lowest BCUT2D eigenvalue weighted by Crippen LogP contribution is -2.23. The molecule has 0 radical (unpaired) electrons. The fourth-order valence-corrected chi connectivity index (χ4v) is 2.87. The lowest BCUT2D eigenvalue weighted by Gasteiger charge is -2.26. The molecule has 0 aliphatic heterocycles. The fourth-order valence-electron chi connectivity index (χ4n) is 2.42. The van der Waals surface area contributed by atoms with Gasteiger partial charge in [0.05, 0.1) is 6.42 Å². The second-order valence-electron chi connectivity index (χ2n) is 4.81. The van der Waals surface area contributed by atoms with Gasteiger partial charge in [0.15, 0.2) is 0 Å². The van der Waals surface area contributed by atoms with Crippen molar-refractivity contribution in [3.8, 4) is 5.88 Å². The largest absolute Gasteiger partial charge is 0.407 e. The third-order valence-corrected chi connectivity index (χ3v) is 4.03. The summed E-state index contributed by atoms with van der Waals surface area (Å²) in [6, 6.07) is 5.28. The van der Waals surface area contributed by atoms with Crippen molar-refractivity contribution in [3.05, 3.63) is 24.4 Å². The average molecular weight is 265 g/mol. The Morgan fingerprint density at radius 1 is 1.39 bits per heavy atom. The Kier molecular flexibility index (Phi) is 5.05. The van der Waals surface area contributed by atoms with Crippen LogP contribution in [0.1, 0.15) is 38.5 Å². The Balaban J connectivity index is 1.79. The van der Waals surface area contributed by atoms with Crippen LogP contribution in [0.5, 0.6) is 5.88 Å². The minimum absolute atomic E-state index is 0.113. The number of hydrogen-bond acceptors (Lipinski definition) is 4. The Hall–Kier alpha value is -1.03. The molecule has 0 saturated heterocycles. The number of thiol groups is 1. The van der Waals surface area contributed by atoms with Gasteiger partial charge in [0.2, 0.25) is 5.88 Å². The van der Waals surface area contributed by atoms with E-state index in [9.17, 15) is 4.79 Å². The van der Waals surface area contributed by atoms with Crippen LogP contribution in [0.25, 0.3) is 0 Å². The number of ether oxygens (including phenoxy) is 1. The molecule has 1 unspecified atom stereocenters. The maximum atomic E-state index is 11.8. The molecule has 18 heavy (non-hydrogen) atoms. The van der Waals surface area contributed by atoms with Crippen molar-refractivity contribution < 1.29 is 9.53 Å². The van der Waals surface area contributed by atoms with Crippen molar-refractivity contribution >= 4 is 18.6 Å². The minimum atomic E-state index is -0.237. The molecule has 0 spiro atoms. The van der Waals surface area contributed by atoms with Gasteiger partial charge in [-0.15, -0.1) is 0 Å². The summed E-state index contributed by atoms with van der Waals surface area (Å²) in [6.45, 7) is 0. The van der Waals surface area contributed by atoms with E-state index in [1.165, 1.54) is 32.1 Å². The number of aromatic nitrogens is 1. The second-order valence-corrected chi connectivity index (χ2v) is 5.47. The zero-order chi connectivity index (χ0) is 12.8. The van der Waals surface area contributed by atoms with E-state index >= 15 is 0 Å². The summed E-state index contributed by atoms with van der Waals surface area (Å²) in [5.74, 6) is 0.685. The first-order chi connectivity index (χ1) is 8.75. The molecular formula is C14H19NO2S. The van der Waals surface area contributed by atoms with Crippen molar-refractivity contribution in [2.75, 3.05) is 0 Å². The number of rotatable bonds is 4. The van der Waals surface area contributed by atoms with Crippen molar-refractivity contribution in [1.29, 1.82) is 0 Å². The van der Waals surface area contributed by atoms with Gasteiger partial charge in [-0.25, -0.2) is 4.98 Å². The van der Waals surface area contributed by atoms with Crippen LogP contribution >= 0.6 is 12.6 Å². The lowest BCUT2D eigenvalue weighted by atomic mass is 9.86. The Morgan fingerprint density at radius 2 is 2.17 bits per heavy atom. The number of pyridine rings is 1. The molecule has 0 amide bonds. The average Bonchev–Trinajstić information content (AvgIpc) is 2.40. The van der Waals surface area contributed by atoms with Crippen LogP contribution in [-0.2, 0) is 4.79 Å². The molecule has 1 fully saturated rings. The van der Waals surface area contributed by atoms with Crippen molar-refractivity contribution in [3.63, 3.8) is 0 Å². The van der Waals surface area contributed by atoms with Crippen LogP contribution in [0.3, 0.4) is 0 Å². The van der Waals surface area contributed by atoms with Crippen molar-refractivity contribution in [2.24, 2.45) is 5.92 Å². The number of carbonyl (C=O) groups excluding carboxylic acids is 1. The quantitative estimate of drug-likeness (QED) is 0.671. The normalized spacial score (nSPS) is 18.3. The SMILES string of the molecule is O=C(CC(S)C1CCCCC1)Oc1ccccn1. The van der Waals surface area contributed by atoms with E-state index in [0.29, 0.717) is 18.2 Å². The Bertz CT molecular complexity index is 377. The van der Waals surface area contributed by atoms with Crippen LogP contribution in [-0.4, -0.2) is 16.2 Å². The molecule has 1 atom stereocenters.